The van der Waals surface area contributed by atoms with Crippen molar-refractivity contribution in [1.29, 1.82) is 0 Å². The molecule has 9 nitrogen and oxygen atoms in total. The second-order valence-corrected chi connectivity index (χ2v) is 10.6. The maximum absolute atomic E-state index is 14.8. The van der Waals surface area contributed by atoms with Crippen molar-refractivity contribution in [2.75, 3.05) is 24.5 Å². The van der Waals surface area contributed by atoms with E-state index in [0.29, 0.717) is 43.7 Å². The van der Waals surface area contributed by atoms with Crippen LogP contribution in [-0.4, -0.2) is 57.0 Å². The van der Waals surface area contributed by atoms with Crippen molar-refractivity contribution in [3.05, 3.63) is 94.5 Å². The van der Waals surface area contributed by atoms with Crippen molar-refractivity contribution in [2.24, 2.45) is 0 Å². The number of benzene rings is 2. The molecule has 4 heterocycles. The number of likely N-dealkylation sites (tertiary alicyclic amines) is 1. The zero-order chi connectivity index (χ0) is 28.5. The van der Waals surface area contributed by atoms with E-state index in [9.17, 15) is 23.2 Å². The van der Waals surface area contributed by atoms with Crippen LogP contribution in [0.1, 0.15) is 43.2 Å². The van der Waals surface area contributed by atoms with Gasteiger partial charge in [-0.1, -0.05) is 30.3 Å². The van der Waals surface area contributed by atoms with Gasteiger partial charge in [0.05, 0.1) is 5.52 Å². The third-order valence-electron chi connectivity index (χ3n) is 8.16. The number of urea groups is 1. The van der Waals surface area contributed by atoms with Gasteiger partial charge >= 0.3 is 11.7 Å². The first-order chi connectivity index (χ1) is 19.9. The molecule has 2 saturated heterocycles. The van der Waals surface area contributed by atoms with Crippen LogP contribution in [0.15, 0.2) is 71.7 Å². The van der Waals surface area contributed by atoms with E-state index in [2.05, 4.69) is 15.3 Å². The van der Waals surface area contributed by atoms with Gasteiger partial charge in [-0.3, -0.25) is 14.3 Å². The summed E-state index contributed by atoms with van der Waals surface area (Å²) in [4.78, 5) is 49.9. The number of aromatic nitrogens is 3. The van der Waals surface area contributed by atoms with E-state index in [4.69, 9.17) is 0 Å². The van der Waals surface area contributed by atoms with E-state index >= 15 is 0 Å². The molecular formula is C30H30F2N6O3. The summed E-state index contributed by atoms with van der Waals surface area (Å²) >= 11 is 0. The van der Waals surface area contributed by atoms with Crippen molar-refractivity contribution in [2.45, 2.75) is 43.7 Å². The summed E-state index contributed by atoms with van der Waals surface area (Å²) in [5.41, 5.74) is 1.88. The van der Waals surface area contributed by atoms with Gasteiger partial charge in [-0.05, 0) is 61.6 Å². The van der Waals surface area contributed by atoms with Crippen LogP contribution in [-0.2, 0) is 4.79 Å². The highest BCUT2D eigenvalue weighted by atomic mass is 19.2. The molecule has 2 fully saturated rings. The number of nitrogens with one attached hydrogen (secondary N) is 2. The van der Waals surface area contributed by atoms with E-state index in [1.807, 2.05) is 12.1 Å². The molecule has 0 saturated carbocycles. The maximum atomic E-state index is 14.8. The second kappa shape index (κ2) is 11.1. The van der Waals surface area contributed by atoms with Crippen LogP contribution in [0.4, 0.5) is 19.3 Å². The Hall–Kier alpha value is -4.54. The molecule has 11 heteroatoms. The molecule has 2 aromatic carbocycles. The molecular weight excluding hydrogens is 530 g/mol. The SMILES string of the molecule is O=C(NC1CCC(c2cccc(F)c2F)CN(c2ccccc2)C1=O)N1CCC(n2c(=O)[nH]c3ncccc32)CC1. The van der Waals surface area contributed by atoms with E-state index in [-0.39, 0.29) is 42.2 Å². The molecule has 2 aromatic heterocycles. The molecule has 2 N–H and O–H groups in total. The number of carbonyl (C=O) groups is 2. The zero-order valence-corrected chi connectivity index (χ0v) is 22.3. The number of rotatable bonds is 4. The fraction of sp³-hybridized carbons (Fsp3) is 0.333. The molecule has 2 unspecified atom stereocenters. The fourth-order valence-electron chi connectivity index (χ4n) is 6.03. The van der Waals surface area contributed by atoms with Gasteiger partial charge in [0.15, 0.2) is 17.3 Å². The number of pyridine rings is 1. The Balaban J connectivity index is 1.17. The lowest BCUT2D eigenvalue weighted by Crippen LogP contribution is -2.53. The lowest BCUT2D eigenvalue weighted by atomic mass is 9.93. The number of hydrogen-bond donors (Lipinski definition) is 2. The number of hydrogen-bond acceptors (Lipinski definition) is 4. The fourth-order valence-corrected chi connectivity index (χ4v) is 6.03. The average Bonchev–Trinajstić information content (AvgIpc) is 3.25. The summed E-state index contributed by atoms with van der Waals surface area (Å²) in [6.07, 6.45) is 3.44. The van der Waals surface area contributed by atoms with Gasteiger partial charge in [-0.2, -0.15) is 0 Å². The Morgan fingerprint density at radius 1 is 0.927 bits per heavy atom. The molecule has 0 bridgehead atoms. The van der Waals surface area contributed by atoms with Gasteiger partial charge in [-0.15, -0.1) is 0 Å². The number of para-hydroxylation sites is 1. The van der Waals surface area contributed by atoms with Crippen LogP contribution in [0.3, 0.4) is 0 Å². The van der Waals surface area contributed by atoms with Crippen molar-refractivity contribution in [3.63, 3.8) is 0 Å². The molecule has 2 atom stereocenters. The molecule has 0 aliphatic carbocycles. The molecule has 6 rings (SSSR count). The van der Waals surface area contributed by atoms with Gasteiger partial charge in [-0.25, -0.2) is 23.4 Å². The number of amides is 3. The van der Waals surface area contributed by atoms with Crippen LogP contribution in [0.5, 0.6) is 0 Å². The average molecular weight is 561 g/mol. The number of carbonyl (C=O) groups excluding carboxylic acids is 2. The van der Waals surface area contributed by atoms with E-state index < -0.39 is 23.6 Å². The Kier molecular flexibility index (Phi) is 7.25. The van der Waals surface area contributed by atoms with Crippen molar-refractivity contribution in [3.8, 4) is 0 Å². The number of H-pyrrole nitrogens is 1. The van der Waals surface area contributed by atoms with Gasteiger partial charge in [0.25, 0.3) is 0 Å². The number of piperidine rings is 1. The van der Waals surface area contributed by atoms with Crippen LogP contribution < -0.4 is 15.9 Å². The summed E-state index contributed by atoms with van der Waals surface area (Å²) in [7, 11) is 0. The molecule has 212 valence electrons. The summed E-state index contributed by atoms with van der Waals surface area (Å²) in [5.74, 6) is -2.58. The van der Waals surface area contributed by atoms with E-state index in [0.717, 1.165) is 11.6 Å². The molecule has 2 aliphatic heterocycles. The van der Waals surface area contributed by atoms with E-state index in [1.165, 1.54) is 6.07 Å². The number of halogens is 2. The minimum atomic E-state index is -0.927. The highest BCUT2D eigenvalue weighted by molar-refractivity contribution is 5.99. The van der Waals surface area contributed by atoms with Crippen molar-refractivity contribution >= 4 is 28.8 Å². The highest BCUT2D eigenvalue weighted by Crippen LogP contribution is 2.32. The Bertz CT molecular complexity index is 1630. The predicted octanol–water partition coefficient (Wildman–Crippen LogP) is 4.33. The molecule has 3 amide bonds. The quantitative estimate of drug-likeness (QED) is 0.388. The number of nitrogens with zero attached hydrogens (tertiary/aromatic N) is 4. The van der Waals surface area contributed by atoms with Crippen molar-refractivity contribution in [1.82, 2.24) is 24.8 Å². The third kappa shape index (κ3) is 5.19. The lowest BCUT2D eigenvalue weighted by Gasteiger charge is -2.34. The molecule has 2 aliphatic rings. The molecule has 41 heavy (non-hydrogen) atoms. The largest absolute Gasteiger partial charge is 0.327 e. The van der Waals surface area contributed by atoms with Gasteiger partial charge in [0.2, 0.25) is 5.91 Å². The molecule has 4 aromatic rings. The summed E-state index contributed by atoms with van der Waals surface area (Å²) in [6, 6.07) is 15.5. The Morgan fingerprint density at radius 3 is 2.49 bits per heavy atom. The highest BCUT2D eigenvalue weighted by Gasteiger charge is 2.36. The first-order valence-electron chi connectivity index (χ1n) is 13.8. The number of anilines is 1. The van der Waals surface area contributed by atoms with Crippen LogP contribution >= 0.6 is 0 Å². The van der Waals surface area contributed by atoms with Crippen molar-refractivity contribution < 1.29 is 18.4 Å². The number of fused-ring (bicyclic) bond motifs is 1. The zero-order valence-electron chi connectivity index (χ0n) is 22.3. The second-order valence-electron chi connectivity index (χ2n) is 10.6. The van der Waals surface area contributed by atoms with Crippen LogP contribution in [0, 0.1) is 11.6 Å². The van der Waals surface area contributed by atoms with E-state index in [1.54, 1.807) is 57.0 Å². The minimum Gasteiger partial charge on any atom is -0.326 e. The predicted molar refractivity (Wildman–Crippen MR) is 150 cm³/mol. The van der Waals surface area contributed by atoms with Gasteiger partial charge in [0.1, 0.15) is 6.04 Å². The van der Waals surface area contributed by atoms with Gasteiger partial charge in [0, 0.05) is 43.5 Å². The van der Waals surface area contributed by atoms with Gasteiger partial charge < -0.3 is 15.1 Å². The number of aromatic amines is 1. The first kappa shape index (κ1) is 26.7. The maximum Gasteiger partial charge on any atom is 0.327 e. The topological polar surface area (TPSA) is 103 Å². The van der Waals surface area contributed by atoms with Crippen LogP contribution in [0.25, 0.3) is 11.2 Å². The lowest BCUT2D eigenvalue weighted by molar-refractivity contribution is -0.120. The summed E-state index contributed by atoms with van der Waals surface area (Å²) in [6.45, 7) is 0.988. The minimum absolute atomic E-state index is 0.0838. The first-order valence-corrected chi connectivity index (χ1v) is 13.8. The normalized spacial score (nSPS) is 20.3. The summed E-state index contributed by atoms with van der Waals surface area (Å²) < 4.78 is 30.5. The standard InChI is InChI=1S/C30H30F2N6O3/c31-23-9-4-8-22(26(23)32)19-11-12-24(28(39)37(18-19)20-6-2-1-3-7-20)34-29(40)36-16-13-21(14-17-36)38-25-10-5-15-33-27(25)35-30(38)41/h1-10,15,19,21,24H,11-14,16-18H2,(H,34,40)(H,33,35,41). The summed E-state index contributed by atoms with van der Waals surface area (Å²) in [5, 5.41) is 2.91. The third-order valence-corrected chi connectivity index (χ3v) is 8.16. The molecule has 0 radical (unpaired) electrons. The van der Waals surface area contributed by atoms with Crippen LogP contribution in [0.2, 0.25) is 0 Å². The number of imidazole rings is 1. The smallest absolute Gasteiger partial charge is 0.326 e. The Labute approximate surface area is 234 Å². The Morgan fingerprint density at radius 2 is 1.71 bits per heavy atom. The molecule has 0 spiro atoms. The monoisotopic (exact) mass is 560 g/mol.